The van der Waals surface area contributed by atoms with Crippen molar-refractivity contribution in [2.24, 2.45) is 5.73 Å². The van der Waals surface area contributed by atoms with Crippen LogP contribution in [0.15, 0.2) is 23.1 Å². The van der Waals surface area contributed by atoms with Crippen LogP contribution in [0.3, 0.4) is 0 Å². The summed E-state index contributed by atoms with van der Waals surface area (Å²) < 4.78 is 0. The molecule has 0 amide bonds. The van der Waals surface area contributed by atoms with Gasteiger partial charge in [-0.1, -0.05) is 13.0 Å². The first-order valence-electron chi connectivity index (χ1n) is 7.66. The molecule has 0 saturated heterocycles. The molecule has 0 spiro atoms. The fourth-order valence-electron chi connectivity index (χ4n) is 2.74. The van der Waals surface area contributed by atoms with Gasteiger partial charge in [-0.2, -0.15) is 0 Å². The van der Waals surface area contributed by atoms with Gasteiger partial charge in [0, 0.05) is 29.8 Å². The van der Waals surface area contributed by atoms with Gasteiger partial charge in [-0.3, -0.25) is 5.41 Å². The van der Waals surface area contributed by atoms with Crippen molar-refractivity contribution >= 4 is 23.3 Å². The molecule has 1 fully saturated rings. The van der Waals surface area contributed by atoms with Crippen molar-refractivity contribution in [3.63, 3.8) is 0 Å². The Morgan fingerprint density at radius 2 is 2.24 bits per heavy atom. The number of aliphatic hydroxyl groups excluding tert-OH is 1. The Hall–Kier alpha value is -1.20. The van der Waals surface area contributed by atoms with E-state index in [2.05, 4.69) is 17.9 Å². The molecule has 1 aliphatic rings. The van der Waals surface area contributed by atoms with Gasteiger partial charge in [-0.25, -0.2) is 0 Å². The van der Waals surface area contributed by atoms with Crippen molar-refractivity contribution in [1.82, 2.24) is 0 Å². The third kappa shape index (κ3) is 3.71. The van der Waals surface area contributed by atoms with Gasteiger partial charge in [0.2, 0.25) is 0 Å². The molecule has 116 valence electrons. The first-order valence-corrected chi connectivity index (χ1v) is 8.65. The fourth-order valence-corrected chi connectivity index (χ4v) is 3.59. The van der Waals surface area contributed by atoms with E-state index in [0.29, 0.717) is 6.04 Å². The van der Waals surface area contributed by atoms with Crippen LogP contribution in [-0.4, -0.2) is 35.9 Å². The molecular formula is C16H25N3OS. The second kappa shape index (κ2) is 7.71. The highest BCUT2D eigenvalue weighted by Gasteiger charge is 2.27. The number of nitrogens with two attached hydrogens (primary N) is 1. The number of hydrogen-bond donors (Lipinski definition) is 3. The van der Waals surface area contributed by atoms with Crippen LogP contribution in [-0.2, 0) is 0 Å². The largest absolute Gasteiger partial charge is 0.396 e. The van der Waals surface area contributed by atoms with Crippen LogP contribution in [0.4, 0.5) is 5.69 Å². The van der Waals surface area contributed by atoms with Gasteiger partial charge in [0.15, 0.2) is 0 Å². The van der Waals surface area contributed by atoms with E-state index < -0.39 is 0 Å². The minimum Gasteiger partial charge on any atom is -0.396 e. The van der Waals surface area contributed by atoms with Crippen molar-refractivity contribution < 1.29 is 5.11 Å². The monoisotopic (exact) mass is 307 g/mol. The molecule has 4 nitrogen and oxygen atoms in total. The number of anilines is 1. The molecule has 1 saturated carbocycles. The smallest absolute Gasteiger partial charge is 0.126 e. The van der Waals surface area contributed by atoms with E-state index in [1.54, 1.807) is 11.8 Å². The average molecular weight is 307 g/mol. The van der Waals surface area contributed by atoms with Gasteiger partial charge in [0.05, 0.1) is 5.56 Å². The minimum absolute atomic E-state index is 0.134. The summed E-state index contributed by atoms with van der Waals surface area (Å²) in [6.45, 7) is 3.13. The third-order valence-electron chi connectivity index (χ3n) is 3.96. The van der Waals surface area contributed by atoms with Crippen LogP contribution < -0.4 is 10.6 Å². The van der Waals surface area contributed by atoms with Gasteiger partial charge < -0.3 is 15.7 Å². The predicted molar refractivity (Wildman–Crippen MR) is 90.5 cm³/mol. The molecule has 0 bridgehead atoms. The number of rotatable bonds is 8. The van der Waals surface area contributed by atoms with E-state index in [0.717, 1.165) is 34.9 Å². The summed E-state index contributed by atoms with van der Waals surface area (Å²) in [4.78, 5) is 3.42. The van der Waals surface area contributed by atoms with Crippen LogP contribution in [0.2, 0.25) is 0 Å². The van der Waals surface area contributed by atoms with E-state index in [9.17, 15) is 0 Å². The lowest BCUT2D eigenvalue weighted by Gasteiger charge is -2.40. The van der Waals surface area contributed by atoms with E-state index >= 15 is 0 Å². The number of nitrogen functional groups attached to an aromatic ring is 1. The van der Waals surface area contributed by atoms with Gasteiger partial charge in [0.1, 0.15) is 5.84 Å². The van der Waals surface area contributed by atoms with Gasteiger partial charge >= 0.3 is 0 Å². The Balaban J connectivity index is 2.37. The second-order valence-corrected chi connectivity index (χ2v) is 6.66. The highest BCUT2D eigenvalue weighted by Crippen LogP contribution is 2.35. The molecule has 5 heteroatoms. The molecule has 1 aromatic carbocycles. The van der Waals surface area contributed by atoms with Crippen molar-refractivity contribution in [2.45, 2.75) is 43.5 Å². The maximum Gasteiger partial charge on any atom is 0.126 e. The second-order valence-electron chi connectivity index (χ2n) is 5.35. The highest BCUT2D eigenvalue weighted by atomic mass is 32.2. The van der Waals surface area contributed by atoms with E-state index in [1.807, 2.05) is 12.1 Å². The third-order valence-corrected chi connectivity index (χ3v) is 4.90. The van der Waals surface area contributed by atoms with Crippen LogP contribution >= 0.6 is 11.8 Å². The molecule has 1 aliphatic carbocycles. The first-order chi connectivity index (χ1) is 10.2. The number of amidine groups is 1. The Morgan fingerprint density at radius 1 is 1.48 bits per heavy atom. The van der Waals surface area contributed by atoms with Gasteiger partial charge in [-0.15, -0.1) is 11.8 Å². The summed E-state index contributed by atoms with van der Waals surface area (Å²) in [5.41, 5.74) is 7.78. The standard InChI is InChI=1S/C16H25N3OS/c1-2-21-14-9-4-8-13(15(14)16(17)18)19(10-5-11-20)12-6-3-7-12/h4,8-9,12,20H,2-3,5-7,10-11H2,1H3,(H3,17,18). The Kier molecular flexibility index (Phi) is 5.94. The van der Waals surface area contributed by atoms with Gasteiger partial charge in [0.25, 0.3) is 0 Å². The molecular weight excluding hydrogens is 282 g/mol. The van der Waals surface area contributed by atoms with Crippen molar-refractivity contribution in [2.75, 3.05) is 23.8 Å². The summed E-state index contributed by atoms with van der Waals surface area (Å²) in [6.07, 6.45) is 4.39. The summed E-state index contributed by atoms with van der Waals surface area (Å²) in [5.74, 6) is 1.10. The zero-order valence-corrected chi connectivity index (χ0v) is 13.5. The van der Waals surface area contributed by atoms with E-state index in [1.165, 1.54) is 19.3 Å². The molecule has 1 aromatic rings. The number of benzene rings is 1. The van der Waals surface area contributed by atoms with Crippen molar-refractivity contribution in [3.8, 4) is 0 Å². The number of thioether (sulfide) groups is 1. The van der Waals surface area contributed by atoms with Crippen LogP contribution in [0.1, 0.15) is 38.2 Å². The highest BCUT2D eigenvalue weighted by molar-refractivity contribution is 7.99. The number of aliphatic hydroxyl groups is 1. The summed E-state index contributed by atoms with van der Waals surface area (Å²) in [7, 11) is 0. The lowest BCUT2D eigenvalue weighted by atomic mass is 9.90. The Bertz CT molecular complexity index is 488. The maximum absolute atomic E-state index is 9.15. The zero-order valence-electron chi connectivity index (χ0n) is 12.6. The van der Waals surface area contributed by atoms with Crippen molar-refractivity contribution in [3.05, 3.63) is 23.8 Å². The van der Waals surface area contributed by atoms with E-state index in [-0.39, 0.29) is 12.4 Å². The van der Waals surface area contributed by atoms with E-state index in [4.69, 9.17) is 16.2 Å². The lowest BCUT2D eigenvalue weighted by Crippen LogP contribution is -2.42. The minimum atomic E-state index is 0.134. The molecule has 0 atom stereocenters. The first kappa shape index (κ1) is 16.2. The molecule has 0 aliphatic heterocycles. The molecule has 0 radical (unpaired) electrons. The molecule has 2 rings (SSSR count). The molecule has 4 N–H and O–H groups in total. The summed E-state index contributed by atoms with van der Waals surface area (Å²) in [6, 6.07) is 6.67. The molecule has 0 aromatic heterocycles. The SMILES string of the molecule is CCSc1cccc(N(CCCO)C2CCC2)c1C(=N)N. The Morgan fingerprint density at radius 3 is 2.76 bits per heavy atom. The number of nitrogens with one attached hydrogen (secondary N) is 1. The molecule has 21 heavy (non-hydrogen) atoms. The topological polar surface area (TPSA) is 73.3 Å². The van der Waals surface area contributed by atoms with Crippen LogP contribution in [0, 0.1) is 5.41 Å². The zero-order chi connectivity index (χ0) is 15.2. The number of hydrogen-bond acceptors (Lipinski definition) is 4. The van der Waals surface area contributed by atoms with Gasteiger partial charge in [-0.05, 0) is 43.6 Å². The average Bonchev–Trinajstić information content (AvgIpc) is 2.41. The quantitative estimate of drug-likeness (QED) is 0.392. The molecule has 0 unspecified atom stereocenters. The van der Waals surface area contributed by atoms with Crippen LogP contribution in [0.25, 0.3) is 0 Å². The predicted octanol–water partition coefficient (Wildman–Crippen LogP) is 2.82. The maximum atomic E-state index is 9.15. The number of nitrogens with zero attached hydrogens (tertiary/aromatic N) is 1. The summed E-state index contributed by atoms with van der Waals surface area (Å²) >= 11 is 1.73. The fraction of sp³-hybridized carbons (Fsp3) is 0.562. The van der Waals surface area contributed by atoms with Crippen molar-refractivity contribution in [1.29, 1.82) is 5.41 Å². The Labute approximate surface area is 131 Å². The lowest BCUT2D eigenvalue weighted by molar-refractivity contribution is 0.283. The van der Waals surface area contributed by atoms with Crippen LogP contribution in [0.5, 0.6) is 0 Å². The normalized spacial score (nSPS) is 14.8. The summed E-state index contributed by atoms with van der Waals surface area (Å²) in [5, 5.41) is 17.1. The molecule has 0 heterocycles.